The zero-order valence-electron chi connectivity index (χ0n) is 5.07. The molecule has 6 nitrogen and oxygen atoms in total. The second kappa shape index (κ2) is 2.95. The number of hydrogen-bond donors (Lipinski definition) is 2. The van der Waals surface area contributed by atoms with Gasteiger partial charge in [0, 0.05) is 0 Å². The molecular formula is C3H8N3O3S. The van der Waals surface area contributed by atoms with E-state index in [9.17, 15) is 13.2 Å². The first-order valence-electron chi connectivity index (χ1n) is 2.34. The van der Waals surface area contributed by atoms with Gasteiger partial charge in [-0.05, 0) is 0 Å². The molecule has 0 bridgehead atoms. The monoisotopic (exact) mass is 166 g/mol. The molecule has 0 aliphatic heterocycles. The molecule has 0 fully saturated rings. The van der Waals surface area contributed by atoms with E-state index in [2.05, 4.69) is 5.14 Å². The molecule has 1 radical (unpaired) electrons. The first kappa shape index (κ1) is 9.34. The molecule has 0 aliphatic rings. The lowest BCUT2D eigenvalue weighted by molar-refractivity contribution is -0.119. The van der Waals surface area contributed by atoms with Crippen molar-refractivity contribution in [1.82, 2.24) is 5.73 Å². The van der Waals surface area contributed by atoms with Crippen LogP contribution in [0.2, 0.25) is 0 Å². The number of amides is 1. The summed E-state index contributed by atoms with van der Waals surface area (Å²) in [5.41, 5.74) is 11.3. The first-order chi connectivity index (χ1) is 4.33. The van der Waals surface area contributed by atoms with Crippen LogP contribution >= 0.6 is 0 Å². The molecule has 0 saturated heterocycles. The molecule has 0 aliphatic carbocycles. The molecular weight excluding hydrogens is 158 g/mol. The Balaban J connectivity index is 4.06. The van der Waals surface area contributed by atoms with E-state index in [0.29, 0.717) is 0 Å². The predicted molar refractivity (Wildman–Crippen MR) is 34.1 cm³/mol. The van der Waals surface area contributed by atoms with Crippen LogP contribution in [-0.2, 0) is 14.8 Å². The third-order valence-electron chi connectivity index (χ3n) is 0.749. The lowest BCUT2D eigenvalue weighted by atomic mass is 10.4. The number of primary sulfonamides is 1. The number of nitrogens with two attached hydrogens (primary N) is 2. The molecule has 0 aromatic carbocycles. The van der Waals surface area contributed by atoms with Gasteiger partial charge in [-0.1, -0.05) is 0 Å². The van der Waals surface area contributed by atoms with Gasteiger partial charge in [-0.2, -0.15) is 0 Å². The van der Waals surface area contributed by atoms with E-state index >= 15 is 0 Å². The smallest absolute Gasteiger partial charge is 0.256 e. The van der Waals surface area contributed by atoms with E-state index in [1.54, 1.807) is 0 Å². The average molecular weight is 166 g/mol. The van der Waals surface area contributed by atoms with Gasteiger partial charge in [0.05, 0.1) is 5.75 Å². The molecule has 0 spiro atoms. The molecule has 0 rings (SSSR count). The van der Waals surface area contributed by atoms with Gasteiger partial charge in [0.2, 0.25) is 10.0 Å². The summed E-state index contributed by atoms with van der Waals surface area (Å²) in [6.45, 7) is 0. The van der Waals surface area contributed by atoms with Gasteiger partial charge in [-0.15, -0.1) is 0 Å². The maximum atomic E-state index is 10.2. The van der Waals surface area contributed by atoms with Crippen LogP contribution in [0.4, 0.5) is 0 Å². The Bertz CT molecular complexity index is 221. The number of carbonyl (C=O) groups is 1. The Morgan fingerprint density at radius 1 is 1.60 bits per heavy atom. The maximum absolute atomic E-state index is 10.2. The van der Waals surface area contributed by atoms with E-state index in [-0.39, 0.29) is 0 Å². The number of rotatable bonds is 3. The fourth-order valence-corrected chi connectivity index (χ4v) is 0.978. The Labute approximate surface area is 58.4 Å². The Morgan fingerprint density at radius 2 is 2.00 bits per heavy atom. The largest absolute Gasteiger partial charge is 0.319 e. The summed E-state index contributed by atoms with van der Waals surface area (Å²) in [5, 5.41) is 4.53. The molecule has 1 atom stereocenters. The van der Waals surface area contributed by atoms with Crippen molar-refractivity contribution in [3.8, 4) is 0 Å². The summed E-state index contributed by atoms with van der Waals surface area (Å²) < 4.78 is 20.4. The zero-order valence-corrected chi connectivity index (χ0v) is 5.89. The van der Waals surface area contributed by atoms with Crippen molar-refractivity contribution in [2.45, 2.75) is 6.04 Å². The lowest BCUT2D eigenvalue weighted by Gasteiger charge is -2.02. The van der Waals surface area contributed by atoms with Crippen molar-refractivity contribution in [3.63, 3.8) is 0 Å². The van der Waals surface area contributed by atoms with Crippen LogP contribution in [0.15, 0.2) is 0 Å². The van der Waals surface area contributed by atoms with Gasteiger partial charge >= 0.3 is 0 Å². The lowest BCUT2D eigenvalue weighted by Crippen LogP contribution is -2.40. The molecule has 10 heavy (non-hydrogen) atoms. The standard InChI is InChI=1S/C3H8N3O3S/c4-2(3(5)7)1-10(6,8)9/h2,5H,1,4H2,(H2,6,8,9). The minimum absolute atomic E-state index is 0.671. The molecule has 1 unspecified atom stereocenters. The Hall–Kier alpha value is -0.660. The summed E-state index contributed by atoms with van der Waals surface area (Å²) >= 11 is 0. The second-order valence-corrected chi connectivity index (χ2v) is 3.46. The fourth-order valence-electron chi connectivity index (χ4n) is 0.326. The fraction of sp³-hybridized carbons (Fsp3) is 0.667. The normalized spacial score (nSPS) is 14.6. The third-order valence-corrected chi connectivity index (χ3v) is 1.57. The van der Waals surface area contributed by atoms with Gasteiger partial charge in [-0.25, -0.2) is 13.6 Å². The van der Waals surface area contributed by atoms with Crippen molar-refractivity contribution < 1.29 is 13.2 Å². The number of nitrogens with one attached hydrogen (secondary N) is 1. The first-order valence-corrected chi connectivity index (χ1v) is 4.06. The van der Waals surface area contributed by atoms with Gasteiger partial charge in [-0.3, -0.25) is 10.5 Å². The van der Waals surface area contributed by atoms with Crippen molar-refractivity contribution in [1.29, 1.82) is 0 Å². The number of hydrogen-bond acceptors (Lipinski definition) is 4. The Morgan fingerprint density at radius 3 is 2.10 bits per heavy atom. The highest BCUT2D eigenvalue weighted by molar-refractivity contribution is 7.89. The maximum Gasteiger partial charge on any atom is 0.256 e. The van der Waals surface area contributed by atoms with E-state index in [1.165, 1.54) is 0 Å². The zero-order chi connectivity index (χ0) is 8.36. The van der Waals surface area contributed by atoms with E-state index < -0.39 is 27.7 Å². The Kier molecular flexibility index (Phi) is 2.76. The summed E-state index contributed by atoms with van der Waals surface area (Å²) in [7, 11) is -3.73. The molecule has 7 heteroatoms. The summed E-state index contributed by atoms with van der Waals surface area (Å²) in [6, 6.07) is -1.32. The van der Waals surface area contributed by atoms with E-state index in [4.69, 9.17) is 11.5 Å². The van der Waals surface area contributed by atoms with Crippen LogP contribution in [0, 0.1) is 0 Å². The molecule has 1 amide bonds. The molecule has 0 saturated carbocycles. The third kappa shape index (κ3) is 4.24. The molecule has 0 aromatic heterocycles. The quantitative estimate of drug-likeness (QED) is 0.476. The van der Waals surface area contributed by atoms with Crippen LogP contribution in [0.25, 0.3) is 0 Å². The predicted octanol–water partition coefficient (Wildman–Crippen LogP) is -2.59. The highest BCUT2D eigenvalue weighted by atomic mass is 32.2. The van der Waals surface area contributed by atoms with E-state index in [0.717, 1.165) is 0 Å². The molecule has 59 valence electrons. The summed E-state index contributed by atoms with van der Waals surface area (Å²) in [4.78, 5) is 10.0. The topological polar surface area (TPSA) is 127 Å². The van der Waals surface area contributed by atoms with Gasteiger partial charge < -0.3 is 5.73 Å². The van der Waals surface area contributed by atoms with E-state index in [1.807, 2.05) is 0 Å². The van der Waals surface area contributed by atoms with Crippen LogP contribution in [0.3, 0.4) is 0 Å². The SMILES string of the molecule is [NH]C(=O)C(N)CS(N)(=O)=O. The molecule has 0 heterocycles. The highest BCUT2D eigenvalue weighted by Crippen LogP contribution is 1.83. The number of carbonyl (C=O) groups excluding carboxylic acids is 1. The minimum Gasteiger partial charge on any atom is -0.319 e. The number of sulfonamides is 1. The van der Waals surface area contributed by atoms with Crippen molar-refractivity contribution >= 4 is 15.9 Å². The van der Waals surface area contributed by atoms with Crippen molar-refractivity contribution in [3.05, 3.63) is 0 Å². The van der Waals surface area contributed by atoms with Crippen LogP contribution in [-0.4, -0.2) is 26.1 Å². The van der Waals surface area contributed by atoms with Gasteiger partial charge in [0.15, 0.2) is 0 Å². The summed E-state index contributed by atoms with van der Waals surface area (Å²) in [5.74, 6) is -1.80. The molecule has 5 N–H and O–H groups in total. The minimum atomic E-state index is -3.73. The molecule has 0 aromatic rings. The van der Waals surface area contributed by atoms with Gasteiger partial charge in [0.1, 0.15) is 6.04 Å². The second-order valence-electron chi connectivity index (χ2n) is 1.80. The van der Waals surface area contributed by atoms with Crippen LogP contribution in [0.5, 0.6) is 0 Å². The van der Waals surface area contributed by atoms with Crippen LogP contribution in [0.1, 0.15) is 0 Å². The average Bonchev–Trinajstić information content (AvgIpc) is 1.60. The summed E-state index contributed by atoms with van der Waals surface area (Å²) in [6.07, 6.45) is 0. The highest BCUT2D eigenvalue weighted by Gasteiger charge is 2.16. The van der Waals surface area contributed by atoms with Crippen molar-refractivity contribution in [2.75, 3.05) is 5.75 Å². The van der Waals surface area contributed by atoms with Crippen LogP contribution < -0.4 is 16.6 Å². The van der Waals surface area contributed by atoms with Gasteiger partial charge in [0.25, 0.3) is 5.91 Å². The van der Waals surface area contributed by atoms with Crippen molar-refractivity contribution in [2.24, 2.45) is 10.9 Å².